The number of fused-ring (bicyclic) bond motifs is 1. The van der Waals surface area contributed by atoms with Crippen molar-refractivity contribution >= 4 is 49.9 Å². The molecule has 3 rings (SSSR count). The highest BCUT2D eigenvalue weighted by atomic mass is 32.2. The fraction of sp³-hybridized carbons (Fsp3) is 0.278. The van der Waals surface area contributed by atoms with Gasteiger partial charge in [-0.15, -0.1) is 11.3 Å². The van der Waals surface area contributed by atoms with E-state index in [9.17, 15) is 22.8 Å². The number of ether oxygens (including phenoxy) is 3. The van der Waals surface area contributed by atoms with Gasteiger partial charge in [-0.05, 0) is 37.6 Å². The Kier molecular flexibility index (Phi) is 5.72. The highest BCUT2D eigenvalue weighted by Gasteiger charge is 2.30. The standard InChI is InChI=1S/C18H18N2O8S2/c1-8-13(17(22)26-3)16(29-14(8)18(23)27-4)20-30(24,25)10-5-6-12-11(7-10)19-15(21)9(2)28-12/h5-7,9,20H,1-4H3,(H,19,21). The number of rotatable bonds is 5. The maximum absolute atomic E-state index is 12.9. The van der Waals surface area contributed by atoms with Crippen LogP contribution >= 0.6 is 11.3 Å². The zero-order valence-corrected chi connectivity index (χ0v) is 18.0. The van der Waals surface area contributed by atoms with Crippen LogP contribution in [0.2, 0.25) is 0 Å². The summed E-state index contributed by atoms with van der Waals surface area (Å²) in [4.78, 5) is 35.8. The molecular formula is C18H18N2O8S2. The SMILES string of the molecule is COC(=O)c1sc(NS(=O)(=O)c2ccc3c(c2)NC(=O)C(C)O3)c(C(=O)OC)c1C. The van der Waals surface area contributed by atoms with Crippen LogP contribution in [0.5, 0.6) is 5.75 Å². The Morgan fingerprint density at radius 2 is 1.87 bits per heavy atom. The zero-order chi connectivity index (χ0) is 22.2. The van der Waals surface area contributed by atoms with Gasteiger partial charge < -0.3 is 19.5 Å². The summed E-state index contributed by atoms with van der Waals surface area (Å²) < 4.78 is 43.0. The second-order valence-corrected chi connectivity index (χ2v) is 8.96. The van der Waals surface area contributed by atoms with Gasteiger partial charge in [-0.25, -0.2) is 18.0 Å². The Bertz CT molecular complexity index is 1150. The summed E-state index contributed by atoms with van der Waals surface area (Å²) in [5, 5.41) is 2.48. The molecule has 10 nitrogen and oxygen atoms in total. The van der Waals surface area contributed by atoms with Gasteiger partial charge in [-0.3, -0.25) is 9.52 Å². The smallest absolute Gasteiger partial charge is 0.348 e. The molecule has 1 amide bonds. The molecular weight excluding hydrogens is 436 g/mol. The van der Waals surface area contributed by atoms with E-state index in [0.717, 1.165) is 18.4 Å². The summed E-state index contributed by atoms with van der Waals surface area (Å²) in [7, 11) is -1.87. The van der Waals surface area contributed by atoms with Crippen LogP contribution in [0.4, 0.5) is 10.7 Å². The normalized spacial score (nSPS) is 15.5. The quantitative estimate of drug-likeness (QED) is 0.656. The number of amides is 1. The first-order valence-electron chi connectivity index (χ1n) is 8.53. The maximum Gasteiger partial charge on any atom is 0.348 e. The van der Waals surface area contributed by atoms with E-state index < -0.39 is 34.0 Å². The van der Waals surface area contributed by atoms with Gasteiger partial charge in [0.15, 0.2) is 6.10 Å². The van der Waals surface area contributed by atoms with Crippen molar-refractivity contribution in [1.82, 2.24) is 0 Å². The molecule has 0 bridgehead atoms. The van der Waals surface area contributed by atoms with E-state index in [1.165, 1.54) is 32.2 Å². The van der Waals surface area contributed by atoms with Crippen molar-refractivity contribution in [2.24, 2.45) is 0 Å². The largest absolute Gasteiger partial charge is 0.479 e. The van der Waals surface area contributed by atoms with E-state index in [-0.39, 0.29) is 31.6 Å². The molecule has 0 aliphatic carbocycles. The van der Waals surface area contributed by atoms with E-state index in [4.69, 9.17) is 9.47 Å². The first kappa shape index (κ1) is 21.6. The third kappa shape index (κ3) is 3.83. The van der Waals surface area contributed by atoms with E-state index in [2.05, 4.69) is 14.8 Å². The van der Waals surface area contributed by atoms with Crippen LogP contribution in [0.1, 0.15) is 32.5 Å². The third-order valence-electron chi connectivity index (χ3n) is 4.33. The fourth-order valence-corrected chi connectivity index (χ4v) is 5.20. The van der Waals surface area contributed by atoms with Crippen LogP contribution in [-0.2, 0) is 24.3 Å². The highest BCUT2D eigenvalue weighted by molar-refractivity contribution is 7.93. The van der Waals surface area contributed by atoms with Gasteiger partial charge in [0.2, 0.25) is 0 Å². The number of nitrogens with one attached hydrogen (secondary N) is 2. The monoisotopic (exact) mass is 454 g/mol. The molecule has 30 heavy (non-hydrogen) atoms. The van der Waals surface area contributed by atoms with Crippen molar-refractivity contribution < 1.29 is 37.0 Å². The summed E-state index contributed by atoms with van der Waals surface area (Å²) >= 11 is 0.753. The molecule has 1 unspecified atom stereocenters. The number of hydrogen-bond donors (Lipinski definition) is 2. The number of carbonyl (C=O) groups excluding carboxylic acids is 3. The van der Waals surface area contributed by atoms with Crippen LogP contribution in [0.25, 0.3) is 0 Å². The zero-order valence-electron chi connectivity index (χ0n) is 16.4. The first-order valence-corrected chi connectivity index (χ1v) is 10.8. The molecule has 0 radical (unpaired) electrons. The molecule has 2 aromatic rings. The Morgan fingerprint density at radius 3 is 2.50 bits per heavy atom. The molecule has 0 saturated carbocycles. The van der Waals surface area contributed by atoms with Gasteiger partial charge in [0.05, 0.1) is 30.4 Å². The number of thiophene rings is 1. The number of hydrogen-bond acceptors (Lipinski definition) is 9. The maximum atomic E-state index is 12.9. The van der Waals surface area contributed by atoms with Gasteiger partial charge >= 0.3 is 11.9 Å². The van der Waals surface area contributed by atoms with Crippen molar-refractivity contribution in [3.05, 3.63) is 34.2 Å². The van der Waals surface area contributed by atoms with Gasteiger partial charge in [-0.1, -0.05) is 0 Å². The van der Waals surface area contributed by atoms with Crippen LogP contribution in [-0.4, -0.2) is 46.6 Å². The minimum atomic E-state index is -4.18. The van der Waals surface area contributed by atoms with Gasteiger partial charge in [0.1, 0.15) is 15.6 Å². The lowest BCUT2D eigenvalue weighted by Crippen LogP contribution is -2.34. The van der Waals surface area contributed by atoms with Crippen LogP contribution < -0.4 is 14.8 Å². The van der Waals surface area contributed by atoms with Gasteiger partial charge in [0.25, 0.3) is 15.9 Å². The summed E-state index contributed by atoms with van der Waals surface area (Å²) in [6.45, 7) is 3.05. The van der Waals surface area contributed by atoms with Crippen LogP contribution in [0.15, 0.2) is 23.1 Å². The van der Waals surface area contributed by atoms with Gasteiger partial charge in [-0.2, -0.15) is 0 Å². The molecule has 0 spiro atoms. The third-order valence-corrected chi connectivity index (χ3v) is 6.99. The van der Waals surface area contributed by atoms with E-state index in [0.29, 0.717) is 5.75 Å². The van der Waals surface area contributed by atoms with Gasteiger partial charge in [0, 0.05) is 0 Å². The van der Waals surface area contributed by atoms with Crippen molar-refractivity contribution in [3.63, 3.8) is 0 Å². The summed E-state index contributed by atoms with van der Waals surface area (Å²) in [6, 6.07) is 3.95. The lowest BCUT2D eigenvalue weighted by atomic mass is 10.1. The Labute approximate surface area is 176 Å². The number of esters is 2. The Hall–Kier alpha value is -3.12. The summed E-state index contributed by atoms with van der Waals surface area (Å²) in [5.41, 5.74) is 0.346. The predicted octanol–water partition coefficient (Wildman–Crippen LogP) is 2.15. The topological polar surface area (TPSA) is 137 Å². The lowest BCUT2D eigenvalue weighted by molar-refractivity contribution is -0.122. The van der Waals surface area contributed by atoms with Crippen LogP contribution in [0.3, 0.4) is 0 Å². The van der Waals surface area contributed by atoms with Crippen molar-refractivity contribution in [1.29, 1.82) is 0 Å². The number of methoxy groups -OCH3 is 2. The van der Waals surface area contributed by atoms with E-state index >= 15 is 0 Å². The average molecular weight is 454 g/mol. The van der Waals surface area contributed by atoms with Crippen molar-refractivity contribution in [2.75, 3.05) is 24.3 Å². The Balaban J connectivity index is 2.02. The lowest BCUT2D eigenvalue weighted by Gasteiger charge is -2.23. The fourth-order valence-electron chi connectivity index (χ4n) is 2.76. The highest BCUT2D eigenvalue weighted by Crippen LogP contribution is 2.37. The molecule has 1 aliphatic heterocycles. The molecule has 160 valence electrons. The minimum Gasteiger partial charge on any atom is -0.479 e. The molecule has 0 saturated heterocycles. The molecule has 1 aliphatic rings. The number of anilines is 2. The van der Waals surface area contributed by atoms with E-state index in [1.54, 1.807) is 6.92 Å². The Morgan fingerprint density at radius 1 is 1.20 bits per heavy atom. The van der Waals surface area contributed by atoms with Crippen molar-refractivity contribution in [2.45, 2.75) is 24.8 Å². The number of sulfonamides is 1. The summed E-state index contributed by atoms with van der Waals surface area (Å²) in [5.74, 6) is -1.60. The molecule has 1 atom stereocenters. The molecule has 0 fully saturated rings. The molecule has 2 heterocycles. The average Bonchev–Trinajstić information content (AvgIpc) is 3.02. The second-order valence-electron chi connectivity index (χ2n) is 6.26. The molecule has 1 aromatic carbocycles. The number of carbonyl (C=O) groups is 3. The minimum absolute atomic E-state index is 0.0655. The first-order chi connectivity index (χ1) is 14.1. The molecule has 2 N–H and O–H groups in total. The molecule has 1 aromatic heterocycles. The van der Waals surface area contributed by atoms with Crippen LogP contribution in [0, 0.1) is 6.92 Å². The molecule has 12 heteroatoms. The predicted molar refractivity (Wildman–Crippen MR) is 108 cm³/mol. The second kappa shape index (κ2) is 7.95. The van der Waals surface area contributed by atoms with E-state index in [1.807, 2.05) is 0 Å². The number of benzene rings is 1. The van der Waals surface area contributed by atoms with Crippen molar-refractivity contribution in [3.8, 4) is 5.75 Å². The summed E-state index contributed by atoms with van der Waals surface area (Å²) in [6.07, 6.45) is -0.702.